The zero-order valence-electron chi connectivity index (χ0n) is 16.0. The van der Waals surface area contributed by atoms with Gasteiger partial charge in [-0.1, -0.05) is 18.2 Å². The maximum Gasteiger partial charge on any atom is 0.416 e. The van der Waals surface area contributed by atoms with Gasteiger partial charge in [0, 0.05) is 19.4 Å². The van der Waals surface area contributed by atoms with Crippen LogP contribution in [0, 0.1) is 0 Å². The molecule has 3 heterocycles. The predicted octanol–water partition coefficient (Wildman–Crippen LogP) is 0.674. The zero-order chi connectivity index (χ0) is 21.5. The Labute approximate surface area is 171 Å². The third-order valence-electron chi connectivity index (χ3n) is 5.40. The van der Waals surface area contributed by atoms with Gasteiger partial charge in [-0.15, -0.1) is 6.58 Å². The minimum Gasteiger partial charge on any atom is -0.452 e. The largest absolute Gasteiger partial charge is 0.452 e. The van der Waals surface area contributed by atoms with E-state index in [-0.39, 0.29) is 44.0 Å². The van der Waals surface area contributed by atoms with Crippen molar-refractivity contribution in [3.63, 3.8) is 0 Å². The molecule has 10 heteroatoms. The van der Waals surface area contributed by atoms with Crippen LogP contribution in [0.2, 0.25) is 0 Å². The van der Waals surface area contributed by atoms with E-state index < -0.39 is 36.1 Å². The van der Waals surface area contributed by atoms with Crippen molar-refractivity contribution in [2.45, 2.75) is 18.5 Å². The molecular weight excluding hydrogens is 394 g/mol. The van der Waals surface area contributed by atoms with Crippen LogP contribution in [-0.4, -0.2) is 71.6 Å². The van der Waals surface area contributed by atoms with Crippen molar-refractivity contribution < 1.29 is 33.4 Å². The summed E-state index contributed by atoms with van der Waals surface area (Å²) in [5, 5.41) is 0. The summed E-state index contributed by atoms with van der Waals surface area (Å²) in [5.74, 6) is -2.44. The monoisotopic (exact) mass is 413 g/mol. The van der Waals surface area contributed by atoms with Gasteiger partial charge in [-0.05, 0) is 12.1 Å². The van der Waals surface area contributed by atoms with Gasteiger partial charge < -0.3 is 14.4 Å². The summed E-state index contributed by atoms with van der Waals surface area (Å²) in [6, 6.07) is 6.51. The number of ether oxygens (including phenoxy) is 2. The van der Waals surface area contributed by atoms with Crippen LogP contribution in [-0.2, 0) is 23.9 Å². The van der Waals surface area contributed by atoms with E-state index in [1.165, 1.54) is 15.9 Å². The van der Waals surface area contributed by atoms with Crippen molar-refractivity contribution in [1.29, 1.82) is 0 Å². The predicted molar refractivity (Wildman–Crippen MR) is 101 cm³/mol. The maximum absolute atomic E-state index is 13.3. The van der Waals surface area contributed by atoms with Crippen LogP contribution in [0.1, 0.15) is 23.2 Å². The Balaban J connectivity index is 1.67. The van der Waals surface area contributed by atoms with E-state index in [0.717, 1.165) is 4.90 Å². The first-order chi connectivity index (χ1) is 14.4. The highest BCUT2D eigenvalue weighted by Gasteiger charge is 2.61. The molecular formula is C20H19N3O7. The third-order valence-corrected chi connectivity index (χ3v) is 5.40. The topological polar surface area (TPSA) is 114 Å². The van der Waals surface area contributed by atoms with Crippen LogP contribution >= 0.6 is 0 Å². The van der Waals surface area contributed by atoms with E-state index in [9.17, 15) is 24.0 Å². The molecule has 0 aromatic heterocycles. The molecule has 30 heavy (non-hydrogen) atoms. The summed E-state index contributed by atoms with van der Waals surface area (Å²) in [5.41, 5.74) is -1.12. The summed E-state index contributed by atoms with van der Waals surface area (Å²) < 4.78 is 9.94. The van der Waals surface area contributed by atoms with Crippen LogP contribution in [0.5, 0.6) is 0 Å². The standard InChI is InChI=1S/C20H19N3O7/c1-2-9-22-17(26)13-5-3-4-6-14(13)23-15(24)7-8-20(22,23)18(27)30-12-16(25)21-10-11-29-19(21)28/h2-6H,1,7-12H2/t20-/m0/s1. The first-order valence-corrected chi connectivity index (χ1v) is 9.41. The Kier molecular flexibility index (Phi) is 4.76. The summed E-state index contributed by atoms with van der Waals surface area (Å²) in [6.45, 7) is 3.07. The Morgan fingerprint density at radius 1 is 1.23 bits per heavy atom. The highest BCUT2D eigenvalue weighted by atomic mass is 16.6. The van der Waals surface area contributed by atoms with Gasteiger partial charge >= 0.3 is 12.1 Å². The van der Waals surface area contributed by atoms with E-state index in [2.05, 4.69) is 6.58 Å². The van der Waals surface area contributed by atoms with Crippen LogP contribution in [0.15, 0.2) is 36.9 Å². The van der Waals surface area contributed by atoms with Gasteiger partial charge in [0.15, 0.2) is 6.61 Å². The van der Waals surface area contributed by atoms with Crippen molar-refractivity contribution >= 4 is 35.5 Å². The number of nitrogens with zero attached hydrogens (tertiary/aromatic N) is 3. The number of anilines is 1. The van der Waals surface area contributed by atoms with Gasteiger partial charge in [0.2, 0.25) is 11.6 Å². The molecule has 4 rings (SSSR count). The average molecular weight is 413 g/mol. The number of hydrogen-bond acceptors (Lipinski definition) is 7. The minimum absolute atomic E-state index is 0.00154. The van der Waals surface area contributed by atoms with Crippen molar-refractivity contribution in [1.82, 2.24) is 9.80 Å². The summed E-state index contributed by atoms with van der Waals surface area (Å²) in [7, 11) is 0. The van der Waals surface area contributed by atoms with Crippen molar-refractivity contribution in [2.24, 2.45) is 0 Å². The molecule has 156 valence electrons. The second-order valence-corrected chi connectivity index (χ2v) is 7.00. The van der Waals surface area contributed by atoms with Gasteiger partial charge in [-0.2, -0.15) is 0 Å². The number of para-hydroxylation sites is 1. The van der Waals surface area contributed by atoms with Crippen molar-refractivity contribution in [3.05, 3.63) is 42.5 Å². The third kappa shape index (κ3) is 2.75. The lowest BCUT2D eigenvalue weighted by molar-refractivity contribution is -0.161. The van der Waals surface area contributed by atoms with E-state index in [0.29, 0.717) is 5.69 Å². The molecule has 2 saturated heterocycles. The zero-order valence-corrected chi connectivity index (χ0v) is 16.0. The molecule has 0 spiro atoms. The quantitative estimate of drug-likeness (QED) is 0.515. The van der Waals surface area contributed by atoms with Gasteiger partial charge in [0.05, 0.1) is 17.8 Å². The fraction of sp³-hybridized carbons (Fsp3) is 0.350. The number of cyclic esters (lactones) is 1. The average Bonchev–Trinajstić information content (AvgIpc) is 3.33. The Bertz CT molecular complexity index is 975. The minimum atomic E-state index is -1.72. The first-order valence-electron chi connectivity index (χ1n) is 9.41. The lowest BCUT2D eigenvalue weighted by Gasteiger charge is -2.48. The lowest BCUT2D eigenvalue weighted by Crippen LogP contribution is -2.68. The van der Waals surface area contributed by atoms with Crippen molar-refractivity contribution in [2.75, 3.05) is 31.2 Å². The second kappa shape index (κ2) is 7.29. The van der Waals surface area contributed by atoms with Crippen LogP contribution < -0.4 is 4.90 Å². The molecule has 0 radical (unpaired) electrons. The number of imide groups is 1. The lowest BCUT2D eigenvalue weighted by atomic mass is 9.96. The smallest absolute Gasteiger partial charge is 0.416 e. The molecule has 4 amide bonds. The van der Waals surface area contributed by atoms with Crippen LogP contribution in [0.3, 0.4) is 0 Å². The number of esters is 1. The fourth-order valence-electron chi connectivity index (χ4n) is 4.07. The van der Waals surface area contributed by atoms with Gasteiger partial charge in [0.25, 0.3) is 11.8 Å². The van der Waals surface area contributed by atoms with Crippen LogP contribution in [0.4, 0.5) is 10.5 Å². The molecule has 3 aliphatic rings. The number of carbonyl (C=O) groups is 5. The van der Waals surface area contributed by atoms with E-state index >= 15 is 0 Å². The molecule has 2 fully saturated rings. The first kappa shape index (κ1) is 19.6. The number of carbonyl (C=O) groups excluding carboxylic acids is 5. The molecule has 3 aliphatic heterocycles. The number of fused-ring (bicyclic) bond motifs is 3. The molecule has 0 aliphatic carbocycles. The molecule has 0 N–H and O–H groups in total. The SMILES string of the molecule is C=CCN1C(=O)c2ccccc2N2C(=O)CC[C@]12C(=O)OCC(=O)N1CCOC1=O. The molecule has 0 unspecified atom stereocenters. The molecule has 10 nitrogen and oxygen atoms in total. The van der Waals surface area contributed by atoms with E-state index in [1.54, 1.807) is 24.3 Å². The van der Waals surface area contributed by atoms with E-state index in [1.807, 2.05) is 0 Å². The number of rotatable bonds is 5. The number of amides is 4. The van der Waals surface area contributed by atoms with Gasteiger partial charge in [-0.25, -0.2) is 14.5 Å². The maximum atomic E-state index is 13.3. The molecule has 1 aromatic carbocycles. The summed E-state index contributed by atoms with van der Waals surface area (Å²) >= 11 is 0. The number of benzene rings is 1. The molecule has 0 saturated carbocycles. The van der Waals surface area contributed by atoms with Crippen LogP contribution in [0.25, 0.3) is 0 Å². The Morgan fingerprint density at radius 2 is 2.00 bits per heavy atom. The van der Waals surface area contributed by atoms with E-state index in [4.69, 9.17) is 9.47 Å². The number of hydrogen-bond donors (Lipinski definition) is 0. The molecule has 1 atom stereocenters. The van der Waals surface area contributed by atoms with Gasteiger partial charge in [-0.3, -0.25) is 19.3 Å². The van der Waals surface area contributed by atoms with Gasteiger partial charge in [0.1, 0.15) is 6.61 Å². The highest BCUT2D eigenvalue weighted by molar-refractivity contribution is 6.15. The fourth-order valence-corrected chi connectivity index (χ4v) is 4.07. The summed E-state index contributed by atoms with van der Waals surface area (Å²) in [6.07, 6.45) is 0.685. The molecule has 1 aromatic rings. The summed E-state index contributed by atoms with van der Waals surface area (Å²) in [4.78, 5) is 66.3. The highest BCUT2D eigenvalue weighted by Crippen LogP contribution is 2.45. The normalized spacial score (nSPS) is 22.5. The molecule has 0 bridgehead atoms. The second-order valence-electron chi connectivity index (χ2n) is 7.00. The van der Waals surface area contributed by atoms with Crippen molar-refractivity contribution in [3.8, 4) is 0 Å². The Hall–Kier alpha value is -3.69. The Morgan fingerprint density at radius 3 is 2.70 bits per heavy atom.